The number of hydrogen-bond donors (Lipinski definition) is 3. The Kier molecular flexibility index (Phi) is 3.74. The van der Waals surface area contributed by atoms with Crippen LogP contribution in [0.3, 0.4) is 0 Å². The third-order valence-electron chi connectivity index (χ3n) is 2.41. The molecular formula is C10H12ClN5O2S. The molecule has 0 amide bonds. The van der Waals surface area contributed by atoms with Gasteiger partial charge in [0.15, 0.2) is 5.82 Å². The predicted molar refractivity (Wildman–Crippen MR) is 71.3 cm³/mol. The Morgan fingerprint density at radius 2 is 2.26 bits per heavy atom. The van der Waals surface area contributed by atoms with Crippen molar-refractivity contribution in [2.75, 3.05) is 4.72 Å². The second-order valence-corrected chi connectivity index (χ2v) is 5.79. The van der Waals surface area contributed by atoms with Crippen molar-refractivity contribution in [2.45, 2.75) is 18.4 Å². The Labute approximate surface area is 115 Å². The number of pyridine rings is 1. The molecule has 9 heteroatoms. The summed E-state index contributed by atoms with van der Waals surface area (Å²) in [7, 11) is -3.84. The monoisotopic (exact) mass is 301 g/mol. The number of aryl methyl sites for hydroxylation is 1. The molecule has 0 aliphatic heterocycles. The minimum absolute atomic E-state index is 0.0105. The fourth-order valence-corrected chi connectivity index (χ4v) is 3.24. The van der Waals surface area contributed by atoms with E-state index < -0.39 is 10.0 Å². The number of nitrogens with one attached hydrogen (secondary N) is 2. The summed E-state index contributed by atoms with van der Waals surface area (Å²) in [6.45, 7) is 1.61. The number of aromatic nitrogens is 3. The Balaban J connectivity index is 2.44. The van der Waals surface area contributed by atoms with Crippen molar-refractivity contribution in [3.63, 3.8) is 0 Å². The Bertz CT molecular complexity index is 698. The molecule has 0 bridgehead atoms. The zero-order valence-corrected chi connectivity index (χ0v) is 11.6. The molecular weight excluding hydrogens is 290 g/mol. The first-order chi connectivity index (χ1) is 8.95. The summed E-state index contributed by atoms with van der Waals surface area (Å²) in [6.07, 6.45) is 1.44. The van der Waals surface area contributed by atoms with E-state index in [4.69, 9.17) is 17.3 Å². The van der Waals surface area contributed by atoms with Gasteiger partial charge in [0.05, 0.1) is 16.4 Å². The van der Waals surface area contributed by atoms with Gasteiger partial charge in [-0.2, -0.15) is 5.10 Å². The summed E-state index contributed by atoms with van der Waals surface area (Å²) >= 11 is 5.87. The lowest BCUT2D eigenvalue weighted by atomic mass is 10.4. The van der Waals surface area contributed by atoms with Gasteiger partial charge >= 0.3 is 0 Å². The van der Waals surface area contributed by atoms with Crippen LogP contribution in [0.4, 0.5) is 5.82 Å². The summed E-state index contributed by atoms with van der Waals surface area (Å²) < 4.78 is 26.9. The number of H-pyrrole nitrogens is 1. The van der Waals surface area contributed by atoms with Crippen LogP contribution in [0.2, 0.25) is 5.02 Å². The number of rotatable bonds is 4. The summed E-state index contributed by atoms with van der Waals surface area (Å²) in [4.78, 5) is 3.90. The Hall–Kier alpha value is -1.64. The summed E-state index contributed by atoms with van der Waals surface area (Å²) in [5, 5.41) is 6.64. The van der Waals surface area contributed by atoms with E-state index in [1.54, 1.807) is 19.1 Å². The van der Waals surface area contributed by atoms with Crippen LogP contribution in [0.15, 0.2) is 23.2 Å². The summed E-state index contributed by atoms with van der Waals surface area (Å²) in [5.74, 6) is 0.0627. The fourth-order valence-electron chi connectivity index (χ4n) is 1.60. The van der Waals surface area contributed by atoms with Crippen LogP contribution in [-0.2, 0) is 16.6 Å². The van der Waals surface area contributed by atoms with Crippen molar-refractivity contribution >= 4 is 27.4 Å². The van der Waals surface area contributed by atoms with Gasteiger partial charge in [-0.25, -0.2) is 13.4 Å². The van der Waals surface area contributed by atoms with Gasteiger partial charge in [-0.15, -0.1) is 0 Å². The van der Waals surface area contributed by atoms with Gasteiger partial charge in [-0.05, 0) is 19.1 Å². The minimum Gasteiger partial charge on any atom is -0.325 e. The third kappa shape index (κ3) is 2.70. The lowest BCUT2D eigenvalue weighted by Crippen LogP contribution is -2.17. The van der Waals surface area contributed by atoms with Crippen molar-refractivity contribution < 1.29 is 8.42 Å². The van der Waals surface area contributed by atoms with E-state index in [1.165, 1.54) is 6.20 Å². The van der Waals surface area contributed by atoms with Gasteiger partial charge < -0.3 is 5.73 Å². The minimum atomic E-state index is -3.84. The van der Waals surface area contributed by atoms with E-state index in [0.29, 0.717) is 5.69 Å². The van der Waals surface area contributed by atoms with Crippen molar-refractivity contribution in [1.29, 1.82) is 0 Å². The van der Waals surface area contributed by atoms with Crippen LogP contribution in [0.5, 0.6) is 0 Å². The number of sulfonamides is 1. The van der Waals surface area contributed by atoms with Crippen LogP contribution < -0.4 is 10.5 Å². The maximum atomic E-state index is 12.3. The van der Waals surface area contributed by atoms with Gasteiger partial charge in [0.25, 0.3) is 10.0 Å². The second kappa shape index (κ2) is 5.16. The molecule has 0 aromatic carbocycles. The van der Waals surface area contributed by atoms with E-state index in [-0.39, 0.29) is 28.0 Å². The molecule has 0 fully saturated rings. The summed E-state index contributed by atoms with van der Waals surface area (Å²) in [5.41, 5.74) is 6.13. The highest BCUT2D eigenvalue weighted by Crippen LogP contribution is 2.24. The first-order valence-corrected chi connectivity index (χ1v) is 7.19. The third-order valence-corrected chi connectivity index (χ3v) is 4.26. The first kappa shape index (κ1) is 13.8. The van der Waals surface area contributed by atoms with Crippen molar-refractivity contribution in [3.05, 3.63) is 34.7 Å². The average molecular weight is 302 g/mol. The quantitative estimate of drug-likeness (QED) is 0.780. The molecule has 0 spiro atoms. The number of halogens is 1. The highest BCUT2D eigenvalue weighted by molar-refractivity contribution is 7.92. The lowest BCUT2D eigenvalue weighted by Gasteiger charge is -2.08. The highest BCUT2D eigenvalue weighted by atomic mass is 35.5. The molecule has 7 nitrogen and oxygen atoms in total. The van der Waals surface area contributed by atoms with E-state index >= 15 is 0 Å². The van der Waals surface area contributed by atoms with E-state index in [2.05, 4.69) is 19.9 Å². The standard InChI is InChI=1S/C10H12ClN5O2S/c1-6-9(8(5-12)15-14-6)19(17,18)16-10-7(11)3-2-4-13-10/h2-4H,5,12H2,1H3,(H,13,16)(H,14,15). The van der Waals surface area contributed by atoms with Crippen molar-refractivity contribution in [1.82, 2.24) is 15.2 Å². The molecule has 0 radical (unpaired) electrons. The normalized spacial score (nSPS) is 11.5. The molecule has 4 N–H and O–H groups in total. The molecule has 102 valence electrons. The van der Waals surface area contributed by atoms with Crippen LogP contribution in [0.25, 0.3) is 0 Å². The zero-order valence-electron chi connectivity index (χ0n) is 10.0. The Morgan fingerprint density at radius 1 is 1.53 bits per heavy atom. The molecule has 2 aromatic heterocycles. The molecule has 0 aliphatic carbocycles. The van der Waals surface area contributed by atoms with Crippen LogP contribution in [-0.4, -0.2) is 23.6 Å². The maximum Gasteiger partial charge on any atom is 0.266 e. The number of hydrogen-bond acceptors (Lipinski definition) is 5. The molecule has 0 unspecified atom stereocenters. The number of nitrogens with two attached hydrogens (primary N) is 1. The van der Waals surface area contributed by atoms with Gasteiger partial charge in [0, 0.05) is 12.7 Å². The topological polar surface area (TPSA) is 114 Å². The van der Waals surface area contributed by atoms with E-state index in [0.717, 1.165) is 0 Å². The van der Waals surface area contributed by atoms with E-state index in [9.17, 15) is 8.42 Å². The smallest absolute Gasteiger partial charge is 0.266 e. The SMILES string of the molecule is Cc1[nH]nc(CN)c1S(=O)(=O)Nc1ncccc1Cl. The van der Waals surface area contributed by atoms with Crippen molar-refractivity contribution in [2.24, 2.45) is 5.73 Å². The molecule has 19 heavy (non-hydrogen) atoms. The summed E-state index contributed by atoms with van der Waals surface area (Å²) in [6, 6.07) is 3.15. The van der Waals surface area contributed by atoms with Crippen LogP contribution >= 0.6 is 11.6 Å². The van der Waals surface area contributed by atoms with Gasteiger partial charge in [0.2, 0.25) is 0 Å². The van der Waals surface area contributed by atoms with Gasteiger partial charge in [-0.3, -0.25) is 9.82 Å². The molecule has 2 aromatic rings. The number of nitrogens with zero attached hydrogens (tertiary/aromatic N) is 2. The van der Waals surface area contributed by atoms with Crippen LogP contribution in [0, 0.1) is 6.92 Å². The van der Waals surface area contributed by atoms with Crippen LogP contribution in [0.1, 0.15) is 11.4 Å². The first-order valence-electron chi connectivity index (χ1n) is 5.33. The highest BCUT2D eigenvalue weighted by Gasteiger charge is 2.24. The Morgan fingerprint density at radius 3 is 2.89 bits per heavy atom. The predicted octanol–water partition coefficient (Wildman–Crippen LogP) is 1.03. The molecule has 2 heterocycles. The molecule has 0 atom stereocenters. The van der Waals surface area contributed by atoms with Gasteiger partial charge in [-0.1, -0.05) is 11.6 Å². The van der Waals surface area contributed by atoms with E-state index in [1.807, 2.05) is 0 Å². The number of aromatic amines is 1. The largest absolute Gasteiger partial charge is 0.325 e. The average Bonchev–Trinajstić information content (AvgIpc) is 2.74. The van der Waals surface area contributed by atoms with Crippen molar-refractivity contribution in [3.8, 4) is 0 Å². The molecule has 0 aliphatic rings. The van der Waals surface area contributed by atoms with Gasteiger partial charge in [0.1, 0.15) is 4.90 Å². The zero-order chi connectivity index (χ0) is 14.0. The fraction of sp³-hybridized carbons (Fsp3) is 0.200. The maximum absolute atomic E-state index is 12.3. The lowest BCUT2D eigenvalue weighted by molar-refractivity contribution is 0.599. The molecule has 0 saturated heterocycles. The molecule has 0 saturated carbocycles. The molecule has 2 rings (SSSR count). The second-order valence-electron chi connectivity index (χ2n) is 3.77. The number of anilines is 1.